The standard InChI is InChI=1S/C15H31N3/c1-12-6-5-9-15(10-12,11-16)17-18-13(2)7-4-8-14(18)3/h12-14,17H,4-11,16H2,1-3H3. The molecule has 1 aliphatic heterocycles. The molecule has 0 bridgehead atoms. The third-order valence-electron chi connectivity index (χ3n) is 5.04. The molecule has 4 atom stereocenters. The van der Waals surface area contributed by atoms with E-state index in [1.54, 1.807) is 0 Å². The van der Waals surface area contributed by atoms with Crippen LogP contribution in [0.3, 0.4) is 0 Å². The number of hydrazine groups is 1. The van der Waals surface area contributed by atoms with Gasteiger partial charge in [-0.1, -0.05) is 26.2 Å². The Balaban J connectivity index is 2.04. The second-order valence-electron chi connectivity index (χ2n) is 6.83. The molecular formula is C15H31N3. The molecule has 1 saturated carbocycles. The summed E-state index contributed by atoms with van der Waals surface area (Å²) in [6.07, 6.45) is 9.16. The molecule has 106 valence electrons. The zero-order valence-corrected chi connectivity index (χ0v) is 12.4. The maximum Gasteiger partial charge on any atom is 0.0450 e. The fraction of sp³-hybridized carbons (Fsp3) is 1.00. The van der Waals surface area contributed by atoms with Gasteiger partial charge >= 0.3 is 0 Å². The van der Waals surface area contributed by atoms with Crippen LogP contribution in [0, 0.1) is 5.92 Å². The van der Waals surface area contributed by atoms with Crippen LogP contribution in [0.4, 0.5) is 0 Å². The second kappa shape index (κ2) is 5.89. The van der Waals surface area contributed by atoms with Gasteiger partial charge in [-0.3, -0.25) is 0 Å². The number of hydrogen-bond donors (Lipinski definition) is 2. The molecule has 2 fully saturated rings. The average Bonchev–Trinajstić information content (AvgIpc) is 2.34. The molecule has 18 heavy (non-hydrogen) atoms. The van der Waals surface area contributed by atoms with Crippen molar-refractivity contribution in [1.29, 1.82) is 0 Å². The van der Waals surface area contributed by atoms with E-state index in [9.17, 15) is 0 Å². The number of nitrogens with two attached hydrogens (primary N) is 1. The van der Waals surface area contributed by atoms with E-state index >= 15 is 0 Å². The highest BCUT2D eigenvalue weighted by molar-refractivity contribution is 4.94. The topological polar surface area (TPSA) is 41.3 Å². The van der Waals surface area contributed by atoms with E-state index in [1.165, 1.54) is 44.9 Å². The van der Waals surface area contributed by atoms with Crippen molar-refractivity contribution < 1.29 is 0 Å². The van der Waals surface area contributed by atoms with Gasteiger partial charge in [-0.05, 0) is 45.4 Å². The maximum atomic E-state index is 6.12. The molecule has 0 aromatic carbocycles. The summed E-state index contributed by atoms with van der Waals surface area (Å²) in [5, 5.41) is 2.51. The van der Waals surface area contributed by atoms with Crippen molar-refractivity contribution in [3.8, 4) is 0 Å². The summed E-state index contributed by atoms with van der Waals surface area (Å²) in [5.74, 6) is 0.810. The number of nitrogens with one attached hydrogen (secondary N) is 1. The predicted molar refractivity (Wildman–Crippen MR) is 77.2 cm³/mol. The SMILES string of the molecule is CC1CCCC(CN)(NN2C(C)CCCC2C)C1. The van der Waals surface area contributed by atoms with Crippen molar-refractivity contribution >= 4 is 0 Å². The Hall–Kier alpha value is -0.120. The zero-order valence-electron chi connectivity index (χ0n) is 12.4. The fourth-order valence-corrected chi connectivity index (χ4v) is 3.91. The molecule has 0 aromatic rings. The van der Waals surface area contributed by atoms with Gasteiger partial charge in [-0.25, -0.2) is 10.4 Å². The first-order chi connectivity index (χ1) is 8.56. The second-order valence-corrected chi connectivity index (χ2v) is 6.83. The van der Waals surface area contributed by atoms with Crippen LogP contribution in [0.25, 0.3) is 0 Å². The van der Waals surface area contributed by atoms with Crippen molar-refractivity contribution in [2.45, 2.75) is 83.3 Å². The third-order valence-corrected chi connectivity index (χ3v) is 5.04. The molecule has 0 amide bonds. The number of nitrogens with zero attached hydrogens (tertiary/aromatic N) is 1. The summed E-state index contributed by atoms with van der Waals surface area (Å²) < 4.78 is 0. The van der Waals surface area contributed by atoms with Crippen LogP contribution in [0.5, 0.6) is 0 Å². The summed E-state index contributed by atoms with van der Waals surface area (Å²) in [6, 6.07) is 1.30. The summed E-state index contributed by atoms with van der Waals surface area (Å²) in [5.41, 5.74) is 10.1. The van der Waals surface area contributed by atoms with Gasteiger partial charge in [0.25, 0.3) is 0 Å². The first-order valence-electron chi connectivity index (χ1n) is 7.82. The molecule has 2 aliphatic rings. The molecule has 1 saturated heterocycles. The molecule has 0 spiro atoms. The highest BCUT2D eigenvalue weighted by atomic mass is 15.6. The summed E-state index contributed by atoms with van der Waals surface area (Å²) in [4.78, 5) is 0. The quantitative estimate of drug-likeness (QED) is 0.812. The van der Waals surface area contributed by atoms with Crippen LogP contribution in [-0.2, 0) is 0 Å². The van der Waals surface area contributed by atoms with E-state index in [0.717, 1.165) is 12.5 Å². The Bertz CT molecular complexity index is 258. The minimum atomic E-state index is 0.164. The molecule has 0 radical (unpaired) electrons. The maximum absolute atomic E-state index is 6.12. The van der Waals surface area contributed by atoms with Crippen LogP contribution >= 0.6 is 0 Å². The van der Waals surface area contributed by atoms with E-state index in [4.69, 9.17) is 5.73 Å². The molecule has 1 aliphatic carbocycles. The van der Waals surface area contributed by atoms with E-state index in [0.29, 0.717) is 12.1 Å². The van der Waals surface area contributed by atoms with Crippen molar-refractivity contribution in [1.82, 2.24) is 10.4 Å². The van der Waals surface area contributed by atoms with Crippen LogP contribution in [0.1, 0.15) is 65.7 Å². The van der Waals surface area contributed by atoms with Crippen LogP contribution in [0.15, 0.2) is 0 Å². The van der Waals surface area contributed by atoms with E-state index < -0.39 is 0 Å². The lowest BCUT2D eigenvalue weighted by molar-refractivity contribution is -0.0153. The molecule has 2 rings (SSSR count). The van der Waals surface area contributed by atoms with Crippen LogP contribution < -0.4 is 11.2 Å². The lowest BCUT2D eigenvalue weighted by atomic mass is 9.76. The van der Waals surface area contributed by atoms with E-state index in [1.807, 2.05) is 0 Å². The summed E-state index contributed by atoms with van der Waals surface area (Å²) in [6.45, 7) is 7.83. The summed E-state index contributed by atoms with van der Waals surface area (Å²) in [7, 11) is 0. The Morgan fingerprint density at radius 2 is 1.78 bits per heavy atom. The smallest absolute Gasteiger partial charge is 0.0450 e. The highest BCUT2D eigenvalue weighted by Crippen LogP contribution is 2.33. The molecule has 4 unspecified atom stereocenters. The molecular weight excluding hydrogens is 222 g/mol. The minimum absolute atomic E-state index is 0.164. The fourth-order valence-electron chi connectivity index (χ4n) is 3.91. The van der Waals surface area contributed by atoms with Crippen molar-refractivity contribution in [2.75, 3.05) is 6.54 Å². The van der Waals surface area contributed by atoms with Gasteiger partial charge in [0, 0.05) is 24.2 Å². The normalized spacial score (nSPS) is 43.0. The van der Waals surface area contributed by atoms with Crippen LogP contribution in [0.2, 0.25) is 0 Å². The highest BCUT2D eigenvalue weighted by Gasteiger charge is 2.37. The molecule has 3 nitrogen and oxygen atoms in total. The first-order valence-corrected chi connectivity index (χ1v) is 7.82. The van der Waals surface area contributed by atoms with Gasteiger partial charge in [-0.15, -0.1) is 0 Å². The van der Waals surface area contributed by atoms with E-state index in [2.05, 4.69) is 31.2 Å². The number of piperidine rings is 1. The molecule has 0 aromatic heterocycles. The van der Waals surface area contributed by atoms with E-state index in [-0.39, 0.29) is 5.54 Å². The van der Waals surface area contributed by atoms with Gasteiger partial charge in [0.1, 0.15) is 0 Å². The number of hydrogen-bond acceptors (Lipinski definition) is 3. The van der Waals surface area contributed by atoms with Gasteiger partial charge in [0.15, 0.2) is 0 Å². The monoisotopic (exact) mass is 253 g/mol. The lowest BCUT2D eigenvalue weighted by Crippen LogP contribution is -2.64. The Kier molecular flexibility index (Phi) is 4.68. The Morgan fingerprint density at radius 1 is 1.11 bits per heavy atom. The van der Waals surface area contributed by atoms with Crippen molar-refractivity contribution in [3.63, 3.8) is 0 Å². The van der Waals surface area contributed by atoms with Gasteiger partial charge < -0.3 is 5.73 Å². The zero-order chi connectivity index (χ0) is 13.2. The summed E-state index contributed by atoms with van der Waals surface area (Å²) >= 11 is 0. The van der Waals surface area contributed by atoms with Gasteiger partial charge in [-0.2, -0.15) is 0 Å². The first kappa shape index (κ1) is 14.3. The minimum Gasteiger partial charge on any atom is -0.329 e. The molecule has 3 N–H and O–H groups in total. The van der Waals surface area contributed by atoms with Crippen molar-refractivity contribution in [3.05, 3.63) is 0 Å². The van der Waals surface area contributed by atoms with Crippen LogP contribution in [-0.4, -0.2) is 29.2 Å². The molecule has 3 heteroatoms. The third kappa shape index (κ3) is 3.06. The van der Waals surface area contributed by atoms with Gasteiger partial charge in [0.05, 0.1) is 0 Å². The lowest BCUT2D eigenvalue weighted by Gasteiger charge is -2.48. The largest absolute Gasteiger partial charge is 0.329 e. The average molecular weight is 253 g/mol. The van der Waals surface area contributed by atoms with Gasteiger partial charge in [0.2, 0.25) is 0 Å². The number of rotatable bonds is 3. The van der Waals surface area contributed by atoms with Crippen molar-refractivity contribution in [2.24, 2.45) is 11.7 Å². The predicted octanol–water partition coefficient (Wildman–Crippen LogP) is 2.66. The Morgan fingerprint density at radius 3 is 2.33 bits per heavy atom. The molecule has 1 heterocycles. The Labute approximate surface area is 112 Å².